The van der Waals surface area contributed by atoms with Crippen molar-refractivity contribution >= 4 is 11.8 Å². The van der Waals surface area contributed by atoms with Crippen molar-refractivity contribution in [2.24, 2.45) is 0 Å². The lowest BCUT2D eigenvalue weighted by molar-refractivity contribution is -0.141. The number of pyridine rings is 1. The van der Waals surface area contributed by atoms with Gasteiger partial charge in [0.2, 0.25) is 5.91 Å². The van der Waals surface area contributed by atoms with Crippen LogP contribution in [0.15, 0.2) is 48.8 Å². The van der Waals surface area contributed by atoms with E-state index in [0.717, 1.165) is 38.0 Å². The van der Waals surface area contributed by atoms with E-state index in [1.165, 1.54) is 5.56 Å². The van der Waals surface area contributed by atoms with E-state index >= 15 is 0 Å². The monoisotopic (exact) mass is 478 g/mol. The highest BCUT2D eigenvalue weighted by Crippen LogP contribution is 2.52. The van der Waals surface area contributed by atoms with Crippen LogP contribution >= 0.6 is 0 Å². The molecule has 3 aliphatic rings. The van der Waals surface area contributed by atoms with Crippen molar-refractivity contribution in [3.8, 4) is 0 Å². The predicted molar refractivity (Wildman–Crippen MR) is 131 cm³/mol. The van der Waals surface area contributed by atoms with Gasteiger partial charge in [-0.2, -0.15) is 5.06 Å². The lowest BCUT2D eigenvalue weighted by atomic mass is 9.71. The number of aromatic nitrogens is 1. The minimum absolute atomic E-state index is 0.156. The van der Waals surface area contributed by atoms with E-state index < -0.39 is 0 Å². The van der Waals surface area contributed by atoms with Gasteiger partial charge in [0.1, 0.15) is 0 Å². The number of carbonyl (C=O) groups is 2. The lowest BCUT2D eigenvalue weighted by Gasteiger charge is -2.44. The average Bonchev–Trinajstić information content (AvgIpc) is 3.51. The van der Waals surface area contributed by atoms with Crippen LogP contribution in [0.25, 0.3) is 0 Å². The first-order valence-electron chi connectivity index (χ1n) is 12.7. The number of piperidine rings is 1. The minimum Gasteiger partial charge on any atom is -0.375 e. The fourth-order valence-electron chi connectivity index (χ4n) is 5.93. The maximum absolute atomic E-state index is 13.1. The molecule has 1 N–H and O–H groups in total. The number of amides is 2. The van der Waals surface area contributed by atoms with E-state index in [9.17, 15) is 9.59 Å². The number of carbonyl (C=O) groups excluding carboxylic acids is 2. The van der Waals surface area contributed by atoms with Gasteiger partial charge in [0.05, 0.1) is 24.3 Å². The standard InChI is InChI=1S/C27H34N4O4/c1-2-34-25-24(29-26(33)20-7-5-13-28-19-20)21-8-3-4-9-22(21)27(25)11-16-30(17-12-27)23(32)10-15-31-14-6-18-35-31/h3-5,7-9,13,19,24-25H,2,6,10-12,14-18H2,1H3,(H,29,33)/t24-,25+/m0/s1. The Balaban J connectivity index is 1.33. The molecule has 1 spiro atoms. The quantitative estimate of drug-likeness (QED) is 0.659. The van der Waals surface area contributed by atoms with Gasteiger partial charge >= 0.3 is 0 Å². The molecule has 2 aromatic rings. The number of hydrogen-bond acceptors (Lipinski definition) is 6. The van der Waals surface area contributed by atoms with Crippen LogP contribution in [0.3, 0.4) is 0 Å². The second kappa shape index (κ2) is 10.4. The highest BCUT2D eigenvalue weighted by molar-refractivity contribution is 5.94. The molecule has 1 aliphatic carbocycles. The second-order valence-corrected chi connectivity index (χ2v) is 9.56. The smallest absolute Gasteiger partial charge is 0.253 e. The zero-order chi connectivity index (χ0) is 24.3. The molecule has 3 heterocycles. The lowest BCUT2D eigenvalue weighted by Crippen LogP contribution is -2.52. The summed E-state index contributed by atoms with van der Waals surface area (Å²) in [4.78, 5) is 37.6. The van der Waals surface area contributed by atoms with Crippen molar-refractivity contribution in [2.75, 3.05) is 39.4 Å². The Labute approximate surface area is 206 Å². The molecule has 8 heteroatoms. The van der Waals surface area contributed by atoms with Crippen molar-refractivity contribution in [1.82, 2.24) is 20.3 Å². The SMILES string of the molecule is CCO[C@@H]1[C@@H](NC(=O)c2cccnc2)c2ccccc2C12CCN(C(=O)CCN1CCCO1)CC2. The number of hydroxylamine groups is 2. The van der Waals surface area contributed by atoms with Crippen molar-refractivity contribution in [3.63, 3.8) is 0 Å². The third kappa shape index (κ3) is 4.70. The van der Waals surface area contributed by atoms with Crippen LogP contribution in [-0.4, -0.2) is 72.3 Å². The van der Waals surface area contributed by atoms with Crippen LogP contribution in [0.1, 0.15) is 60.1 Å². The molecule has 2 fully saturated rings. The Morgan fingerprint density at radius 2 is 2.00 bits per heavy atom. The number of benzene rings is 1. The summed E-state index contributed by atoms with van der Waals surface area (Å²) in [6.45, 7) is 6.20. The average molecular weight is 479 g/mol. The summed E-state index contributed by atoms with van der Waals surface area (Å²) in [7, 11) is 0. The van der Waals surface area contributed by atoms with Gasteiger partial charge in [0.25, 0.3) is 5.91 Å². The van der Waals surface area contributed by atoms with Crippen LogP contribution in [0, 0.1) is 0 Å². The Kier molecular flexibility index (Phi) is 7.13. The number of likely N-dealkylation sites (tertiary alicyclic amines) is 1. The number of ether oxygens (including phenoxy) is 1. The molecule has 2 atom stereocenters. The van der Waals surface area contributed by atoms with Crippen LogP contribution < -0.4 is 5.32 Å². The summed E-state index contributed by atoms with van der Waals surface area (Å²) >= 11 is 0. The molecule has 35 heavy (non-hydrogen) atoms. The molecule has 1 aromatic carbocycles. The molecule has 8 nitrogen and oxygen atoms in total. The fourth-order valence-corrected chi connectivity index (χ4v) is 5.93. The largest absolute Gasteiger partial charge is 0.375 e. The summed E-state index contributed by atoms with van der Waals surface area (Å²) in [6, 6.07) is 11.6. The maximum atomic E-state index is 13.1. The molecule has 0 unspecified atom stereocenters. The minimum atomic E-state index is -0.256. The first kappa shape index (κ1) is 23.9. The first-order valence-corrected chi connectivity index (χ1v) is 12.7. The topological polar surface area (TPSA) is 84.0 Å². The highest BCUT2D eigenvalue weighted by Gasteiger charge is 2.54. The van der Waals surface area contributed by atoms with Crippen LogP contribution in [0.5, 0.6) is 0 Å². The maximum Gasteiger partial charge on any atom is 0.253 e. The van der Waals surface area contributed by atoms with Crippen LogP contribution in [0.2, 0.25) is 0 Å². The van der Waals surface area contributed by atoms with Gasteiger partial charge in [-0.1, -0.05) is 24.3 Å². The molecule has 0 radical (unpaired) electrons. The highest BCUT2D eigenvalue weighted by atomic mass is 16.7. The van der Waals surface area contributed by atoms with Crippen molar-refractivity contribution in [3.05, 3.63) is 65.5 Å². The first-order chi connectivity index (χ1) is 17.1. The molecule has 2 amide bonds. The van der Waals surface area contributed by atoms with E-state index in [1.54, 1.807) is 24.5 Å². The molecular weight excluding hydrogens is 444 g/mol. The Morgan fingerprint density at radius 1 is 1.17 bits per heavy atom. The van der Waals surface area contributed by atoms with Crippen molar-refractivity contribution in [2.45, 2.75) is 50.2 Å². The van der Waals surface area contributed by atoms with Crippen molar-refractivity contribution in [1.29, 1.82) is 0 Å². The molecule has 2 aliphatic heterocycles. The van der Waals surface area contributed by atoms with Gasteiger partial charge in [-0.25, -0.2) is 0 Å². The Morgan fingerprint density at radius 3 is 2.71 bits per heavy atom. The van der Waals surface area contributed by atoms with Gasteiger partial charge in [0.15, 0.2) is 0 Å². The van der Waals surface area contributed by atoms with E-state index in [4.69, 9.17) is 9.57 Å². The molecule has 2 saturated heterocycles. The summed E-state index contributed by atoms with van der Waals surface area (Å²) in [5, 5.41) is 5.14. The second-order valence-electron chi connectivity index (χ2n) is 9.56. The third-order valence-electron chi connectivity index (χ3n) is 7.65. The van der Waals surface area contributed by atoms with Crippen molar-refractivity contribution < 1.29 is 19.2 Å². The molecule has 186 valence electrons. The Hall–Kier alpha value is -2.81. The van der Waals surface area contributed by atoms with Gasteiger partial charge in [-0.3, -0.25) is 19.4 Å². The Bertz CT molecular complexity index is 1030. The van der Waals surface area contributed by atoms with Gasteiger partial charge < -0.3 is 15.0 Å². The zero-order valence-corrected chi connectivity index (χ0v) is 20.3. The van der Waals surface area contributed by atoms with Crippen LogP contribution in [-0.2, 0) is 19.8 Å². The molecule has 0 bridgehead atoms. The van der Waals surface area contributed by atoms with Gasteiger partial charge in [-0.15, -0.1) is 0 Å². The van der Waals surface area contributed by atoms with Crippen LogP contribution in [0.4, 0.5) is 0 Å². The van der Waals surface area contributed by atoms with E-state index in [1.807, 2.05) is 23.0 Å². The molecule has 1 aromatic heterocycles. The summed E-state index contributed by atoms with van der Waals surface area (Å²) in [5.41, 5.74) is 2.62. The van der Waals surface area contributed by atoms with E-state index in [-0.39, 0.29) is 29.4 Å². The van der Waals surface area contributed by atoms with E-state index in [2.05, 4.69) is 28.5 Å². The number of rotatable bonds is 7. The summed E-state index contributed by atoms with van der Waals surface area (Å²) < 4.78 is 6.38. The number of nitrogens with one attached hydrogen (secondary N) is 1. The van der Waals surface area contributed by atoms with Gasteiger partial charge in [0, 0.05) is 57.0 Å². The summed E-state index contributed by atoms with van der Waals surface area (Å²) in [5.74, 6) is 0.0208. The normalized spacial score (nSPS) is 23.4. The molecule has 0 saturated carbocycles. The van der Waals surface area contributed by atoms with E-state index in [0.29, 0.717) is 38.2 Å². The third-order valence-corrected chi connectivity index (χ3v) is 7.65. The number of nitrogens with zero attached hydrogens (tertiary/aromatic N) is 3. The number of hydrogen-bond donors (Lipinski definition) is 1. The number of fused-ring (bicyclic) bond motifs is 2. The molecular formula is C27H34N4O4. The predicted octanol–water partition coefficient (Wildman–Crippen LogP) is 2.86. The summed E-state index contributed by atoms with van der Waals surface area (Å²) in [6.07, 6.45) is 6.16. The fraction of sp³-hybridized carbons (Fsp3) is 0.519. The van der Waals surface area contributed by atoms with Gasteiger partial charge in [-0.05, 0) is 49.4 Å². The zero-order valence-electron chi connectivity index (χ0n) is 20.3. The molecule has 5 rings (SSSR count).